The van der Waals surface area contributed by atoms with E-state index in [0.29, 0.717) is 34.4 Å². The van der Waals surface area contributed by atoms with Crippen molar-refractivity contribution in [2.75, 3.05) is 26.1 Å². The minimum Gasteiger partial charge on any atom is -0.504 e. The Morgan fingerprint density at radius 1 is 1.11 bits per heavy atom. The van der Waals surface area contributed by atoms with Crippen LogP contribution in [-0.2, 0) is 6.54 Å². The van der Waals surface area contributed by atoms with Crippen LogP contribution in [0, 0.1) is 13.8 Å². The third-order valence-corrected chi connectivity index (χ3v) is 5.21. The minimum atomic E-state index is -0.0853. The average Bonchev–Trinajstić information content (AvgIpc) is 3.25. The maximum absolute atomic E-state index is 13.4. The number of phenols is 1. The molecule has 0 aliphatic carbocycles. The van der Waals surface area contributed by atoms with Crippen LogP contribution in [0.5, 0.6) is 17.2 Å². The van der Waals surface area contributed by atoms with Gasteiger partial charge in [0.05, 0.1) is 25.3 Å². The molecule has 1 aromatic heterocycles. The van der Waals surface area contributed by atoms with Crippen molar-refractivity contribution in [3.05, 3.63) is 46.5 Å². The van der Waals surface area contributed by atoms with Crippen LogP contribution in [0.15, 0.2) is 24.3 Å². The predicted molar refractivity (Wildman–Crippen MR) is 105 cm³/mol. The molecule has 1 aliphatic rings. The van der Waals surface area contributed by atoms with Crippen molar-refractivity contribution in [2.45, 2.75) is 20.4 Å². The Bertz CT molecular complexity index is 1060. The van der Waals surface area contributed by atoms with Gasteiger partial charge < -0.3 is 24.5 Å². The number of carbonyl (C=O) groups excluding carboxylic acids is 1. The lowest BCUT2D eigenvalue weighted by molar-refractivity contribution is 0.104. The monoisotopic (exact) mass is 366 g/mol. The molecule has 6 nitrogen and oxygen atoms in total. The molecule has 0 spiro atoms. The molecule has 27 heavy (non-hydrogen) atoms. The van der Waals surface area contributed by atoms with Gasteiger partial charge in [-0.3, -0.25) is 4.79 Å². The lowest BCUT2D eigenvalue weighted by atomic mass is 9.97. The van der Waals surface area contributed by atoms with E-state index in [0.717, 1.165) is 23.4 Å². The third-order valence-electron chi connectivity index (χ3n) is 5.21. The van der Waals surface area contributed by atoms with Gasteiger partial charge in [-0.1, -0.05) is 29.8 Å². The first kappa shape index (κ1) is 17.3. The third kappa shape index (κ3) is 2.36. The number of phenolic OH excluding ortho intramolecular Hbond substituents is 1. The Balaban J connectivity index is 2.09. The van der Waals surface area contributed by atoms with Crippen molar-refractivity contribution in [3.8, 4) is 17.2 Å². The van der Waals surface area contributed by atoms with Gasteiger partial charge in [-0.05, 0) is 13.8 Å². The van der Waals surface area contributed by atoms with Crippen LogP contribution in [0.3, 0.4) is 0 Å². The zero-order valence-corrected chi connectivity index (χ0v) is 15.8. The van der Waals surface area contributed by atoms with Gasteiger partial charge in [-0.2, -0.15) is 0 Å². The smallest absolute Gasteiger partial charge is 0.205 e. The number of methoxy groups -OCH3 is 2. The Morgan fingerprint density at radius 3 is 2.41 bits per heavy atom. The molecule has 0 radical (unpaired) electrons. The van der Waals surface area contributed by atoms with Gasteiger partial charge in [-0.25, -0.2) is 0 Å². The number of ketones is 1. The molecule has 2 aromatic carbocycles. The highest BCUT2D eigenvalue weighted by atomic mass is 16.5. The van der Waals surface area contributed by atoms with E-state index in [1.807, 2.05) is 35.8 Å². The number of nitrogens with zero attached hydrogens (tertiary/aromatic N) is 1. The first-order valence-corrected chi connectivity index (χ1v) is 8.84. The molecule has 0 amide bonds. The van der Waals surface area contributed by atoms with Crippen LogP contribution < -0.4 is 14.8 Å². The van der Waals surface area contributed by atoms with Crippen LogP contribution in [-0.4, -0.2) is 36.2 Å². The number of benzene rings is 2. The van der Waals surface area contributed by atoms with E-state index < -0.39 is 0 Å². The summed E-state index contributed by atoms with van der Waals surface area (Å²) in [6.45, 7) is 5.21. The molecular weight excluding hydrogens is 344 g/mol. The summed E-state index contributed by atoms with van der Waals surface area (Å²) in [5.74, 6) is 1.37. The number of hydrogen-bond acceptors (Lipinski definition) is 5. The fourth-order valence-corrected chi connectivity index (χ4v) is 3.87. The summed E-state index contributed by atoms with van der Waals surface area (Å²) in [4.78, 5) is 13.4. The maximum atomic E-state index is 13.4. The van der Waals surface area contributed by atoms with E-state index >= 15 is 0 Å². The van der Waals surface area contributed by atoms with Gasteiger partial charge in [0.25, 0.3) is 0 Å². The Morgan fingerprint density at radius 2 is 1.78 bits per heavy atom. The van der Waals surface area contributed by atoms with Crippen LogP contribution in [0.1, 0.15) is 27.0 Å². The Labute approximate surface area is 157 Å². The zero-order valence-electron chi connectivity index (χ0n) is 15.8. The molecule has 140 valence electrons. The molecule has 0 saturated carbocycles. The normalized spacial score (nSPS) is 12.7. The van der Waals surface area contributed by atoms with Gasteiger partial charge in [0.1, 0.15) is 5.82 Å². The fourth-order valence-electron chi connectivity index (χ4n) is 3.87. The Hall–Kier alpha value is -3.15. The van der Waals surface area contributed by atoms with E-state index in [1.165, 1.54) is 14.2 Å². The summed E-state index contributed by atoms with van der Waals surface area (Å²) in [6.07, 6.45) is 0. The summed E-state index contributed by atoms with van der Waals surface area (Å²) in [5, 5.41) is 14.7. The largest absolute Gasteiger partial charge is 0.504 e. The molecule has 4 rings (SSSR count). The van der Waals surface area contributed by atoms with Gasteiger partial charge in [0.15, 0.2) is 17.3 Å². The molecule has 2 heterocycles. The number of nitrogens with one attached hydrogen (secondary N) is 1. The number of ether oxygens (including phenoxy) is 2. The van der Waals surface area contributed by atoms with Crippen LogP contribution in [0.4, 0.5) is 5.82 Å². The standard InChI is InChI=1S/C21H22N2O4/c1-11-5-7-13(8-6-11)18(25)15-14-12(2)17(24)20(27-4)19(26-3)16(14)23-10-9-22-21(15)23/h5-8,22,24H,9-10H2,1-4H3. The SMILES string of the molecule is COc1c(O)c(C)c2c(C(=O)c3ccc(C)cc3)c3n(c2c1OC)CCN3. The highest BCUT2D eigenvalue weighted by Crippen LogP contribution is 2.50. The van der Waals surface area contributed by atoms with E-state index in [1.54, 1.807) is 6.92 Å². The second-order valence-electron chi connectivity index (χ2n) is 6.76. The summed E-state index contributed by atoms with van der Waals surface area (Å²) in [5.41, 5.74) is 3.62. The van der Waals surface area contributed by atoms with E-state index in [2.05, 4.69) is 5.32 Å². The topological polar surface area (TPSA) is 72.7 Å². The number of hydrogen-bond donors (Lipinski definition) is 2. The average molecular weight is 366 g/mol. The van der Waals surface area contributed by atoms with E-state index in [9.17, 15) is 9.90 Å². The van der Waals surface area contributed by atoms with Crippen molar-refractivity contribution in [1.29, 1.82) is 0 Å². The second kappa shape index (κ2) is 6.23. The summed E-state index contributed by atoms with van der Waals surface area (Å²) < 4.78 is 13.0. The lowest BCUT2D eigenvalue weighted by Gasteiger charge is -2.15. The summed E-state index contributed by atoms with van der Waals surface area (Å²) in [7, 11) is 3.03. The number of aromatic nitrogens is 1. The fraction of sp³-hybridized carbons (Fsp3) is 0.286. The molecule has 6 heteroatoms. The molecule has 0 saturated heterocycles. The van der Waals surface area contributed by atoms with Crippen molar-refractivity contribution in [3.63, 3.8) is 0 Å². The molecular formula is C21H22N2O4. The van der Waals surface area contributed by atoms with Crippen LogP contribution in [0.2, 0.25) is 0 Å². The lowest BCUT2D eigenvalue weighted by Crippen LogP contribution is -2.05. The van der Waals surface area contributed by atoms with Crippen molar-refractivity contribution < 1.29 is 19.4 Å². The van der Waals surface area contributed by atoms with Crippen LogP contribution >= 0.6 is 0 Å². The van der Waals surface area contributed by atoms with Gasteiger partial charge >= 0.3 is 0 Å². The molecule has 0 fully saturated rings. The summed E-state index contributed by atoms with van der Waals surface area (Å²) >= 11 is 0. The van der Waals surface area contributed by atoms with Gasteiger partial charge in [0.2, 0.25) is 5.75 Å². The summed E-state index contributed by atoms with van der Waals surface area (Å²) in [6, 6.07) is 7.51. The highest BCUT2D eigenvalue weighted by Gasteiger charge is 2.32. The highest BCUT2D eigenvalue weighted by molar-refractivity contribution is 6.22. The number of aryl methyl sites for hydroxylation is 2. The van der Waals surface area contributed by atoms with Crippen molar-refractivity contribution >= 4 is 22.5 Å². The molecule has 1 aliphatic heterocycles. The quantitative estimate of drug-likeness (QED) is 0.690. The molecule has 2 N–H and O–H groups in total. The minimum absolute atomic E-state index is 0.0101. The number of anilines is 1. The number of carbonyl (C=O) groups is 1. The first-order valence-electron chi connectivity index (χ1n) is 8.84. The molecule has 0 unspecified atom stereocenters. The molecule has 0 bridgehead atoms. The van der Waals surface area contributed by atoms with Crippen LogP contribution in [0.25, 0.3) is 10.9 Å². The second-order valence-corrected chi connectivity index (χ2v) is 6.76. The Kier molecular flexibility index (Phi) is 3.98. The van der Waals surface area contributed by atoms with E-state index in [4.69, 9.17) is 9.47 Å². The number of fused-ring (bicyclic) bond motifs is 3. The molecule has 3 aromatic rings. The van der Waals surface area contributed by atoms with Gasteiger partial charge in [0, 0.05) is 29.6 Å². The predicted octanol–water partition coefficient (Wildman–Crippen LogP) is 3.64. The number of aromatic hydroxyl groups is 1. The number of rotatable bonds is 4. The zero-order chi connectivity index (χ0) is 19.3. The maximum Gasteiger partial charge on any atom is 0.205 e. The molecule has 0 atom stereocenters. The van der Waals surface area contributed by atoms with E-state index in [-0.39, 0.29) is 17.3 Å². The first-order chi connectivity index (χ1) is 13.0. The van der Waals surface area contributed by atoms with Gasteiger partial charge in [-0.15, -0.1) is 0 Å². The van der Waals surface area contributed by atoms with Crippen molar-refractivity contribution in [2.24, 2.45) is 0 Å². The van der Waals surface area contributed by atoms with Crippen molar-refractivity contribution in [1.82, 2.24) is 4.57 Å².